The Hall–Kier alpha value is -4.22. The van der Waals surface area contributed by atoms with Gasteiger partial charge in [0.25, 0.3) is 0 Å². The number of aryl methyl sites for hydroxylation is 3. The minimum absolute atomic E-state index is 0.0859. The predicted molar refractivity (Wildman–Crippen MR) is 111 cm³/mol. The smallest absolute Gasteiger partial charge is 0.337 e. The van der Waals surface area contributed by atoms with E-state index in [2.05, 4.69) is 35.8 Å². The van der Waals surface area contributed by atoms with Crippen LogP contribution >= 0.6 is 0 Å². The largest absolute Gasteiger partial charge is 0.478 e. The second-order valence-electron chi connectivity index (χ2n) is 7.10. The molecule has 0 bridgehead atoms. The minimum atomic E-state index is -1.05. The molecule has 12 heteroatoms. The summed E-state index contributed by atoms with van der Waals surface area (Å²) in [6, 6.07) is 1.52. The van der Waals surface area contributed by atoms with Crippen LogP contribution in [0, 0.1) is 6.92 Å². The molecule has 5 heterocycles. The first kappa shape index (κ1) is 18.8. The van der Waals surface area contributed by atoms with Gasteiger partial charge in [0.1, 0.15) is 5.69 Å². The van der Waals surface area contributed by atoms with Crippen LogP contribution in [0.15, 0.2) is 24.7 Å². The van der Waals surface area contributed by atoms with E-state index in [9.17, 15) is 9.90 Å². The van der Waals surface area contributed by atoms with E-state index in [1.807, 2.05) is 0 Å². The van der Waals surface area contributed by atoms with Crippen molar-refractivity contribution >= 4 is 40.1 Å². The van der Waals surface area contributed by atoms with E-state index < -0.39 is 5.97 Å². The van der Waals surface area contributed by atoms with E-state index in [1.165, 1.54) is 12.3 Å². The van der Waals surface area contributed by atoms with Gasteiger partial charge in [-0.3, -0.25) is 4.98 Å². The maximum atomic E-state index is 11.3. The van der Waals surface area contributed by atoms with E-state index in [4.69, 9.17) is 4.74 Å². The number of aromatic carboxylic acids is 1. The van der Waals surface area contributed by atoms with Crippen LogP contribution in [0.3, 0.4) is 0 Å². The highest BCUT2D eigenvalue weighted by molar-refractivity contribution is 5.92. The van der Waals surface area contributed by atoms with Gasteiger partial charge in [-0.25, -0.2) is 19.1 Å². The number of pyridine rings is 1. The fraction of sp³-hybridized carbons (Fsp3) is 0.263. The van der Waals surface area contributed by atoms with Gasteiger partial charge in [0.2, 0.25) is 11.8 Å². The third-order valence-electron chi connectivity index (χ3n) is 4.96. The van der Waals surface area contributed by atoms with Crippen LogP contribution in [-0.2, 0) is 13.6 Å². The minimum Gasteiger partial charge on any atom is -0.478 e. The van der Waals surface area contributed by atoms with E-state index in [1.54, 1.807) is 35.7 Å². The topological polar surface area (TPSA) is 145 Å². The molecule has 0 atom stereocenters. The van der Waals surface area contributed by atoms with Gasteiger partial charge in [0, 0.05) is 32.4 Å². The predicted octanol–water partition coefficient (Wildman–Crippen LogP) is 2.23. The summed E-state index contributed by atoms with van der Waals surface area (Å²) >= 11 is 0. The Kier molecular flexibility index (Phi) is 4.38. The number of hydrogen-bond donors (Lipinski definition) is 3. The Morgan fingerprint density at radius 1 is 1.19 bits per heavy atom. The molecule has 0 aromatic carbocycles. The molecule has 5 rings (SSSR count). The molecule has 1 aliphatic heterocycles. The number of fused-ring (bicyclic) bond motifs is 2. The Balaban J connectivity index is 1.46. The van der Waals surface area contributed by atoms with Gasteiger partial charge in [-0.15, -0.1) is 0 Å². The number of nitrogens with one attached hydrogen (secondary N) is 2. The van der Waals surface area contributed by atoms with E-state index >= 15 is 0 Å². The molecule has 0 spiro atoms. The molecule has 31 heavy (non-hydrogen) atoms. The van der Waals surface area contributed by atoms with Crippen molar-refractivity contribution in [1.82, 2.24) is 34.5 Å². The average molecular weight is 421 g/mol. The number of nitrogens with zero attached hydrogens (tertiary/aromatic N) is 7. The van der Waals surface area contributed by atoms with Gasteiger partial charge in [0.15, 0.2) is 11.5 Å². The van der Waals surface area contributed by atoms with Crippen molar-refractivity contribution in [2.45, 2.75) is 19.9 Å². The number of carbonyl (C=O) groups is 1. The summed E-state index contributed by atoms with van der Waals surface area (Å²) in [4.78, 5) is 24.4. The zero-order valence-electron chi connectivity index (χ0n) is 16.8. The van der Waals surface area contributed by atoms with Crippen LogP contribution in [0.1, 0.15) is 22.5 Å². The number of hydrogen-bond acceptors (Lipinski definition) is 9. The highest BCUT2D eigenvalue weighted by atomic mass is 16.5. The zero-order valence-corrected chi connectivity index (χ0v) is 16.8. The van der Waals surface area contributed by atoms with Crippen LogP contribution < -0.4 is 15.4 Å². The molecule has 0 fully saturated rings. The van der Waals surface area contributed by atoms with Gasteiger partial charge in [-0.2, -0.15) is 15.2 Å². The Morgan fingerprint density at radius 2 is 2.06 bits per heavy atom. The van der Waals surface area contributed by atoms with Gasteiger partial charge < -0.3 is 20.5 Å². The lowest BCUT2D eigenvalue weighted by atomic mass is 10.2. The second-order valence-corrected chi connectivity index (χ2v) is 7.10. The molecule has 1 aliphatic rings. The number of aromatic nitrogens is 7. The maximum Gasteiger partial charge on any atom is 0.337 e. The average Bonchev–Trinajstić information content (AvgIpc) is 3.30. The zero-order chi connectivity index (χ0) is 21.5. The standard InChI is InChI=1S/C19H19N9O3/c1-10-13(6-11(7-20-10)18(29)30)23-15-12-8-21-19(25-16(12)27(2)26-15)24-14-9-22-28-4-3-5-31-17(14)28/h6-9H,3-5H2,1-2H3,(H,23,26)(H,29,30)(H,21,24,25). The van der Waals surface area contributed by atoms with Gasteiger partial charge in [0.05, 0.1) is 35.1 Å². The van der Waals surface area contributed by atoms with E-state index in [0.717, 1.165) is 13.0 Å². The molecular formula is C19H19N9O3. The summed E-state index contributed by atoms with van der Waals surface area (Å²) in [6.45, 7) is 3.24. The lowest BCUT2D eigenvalue weighted by Crippen LogP contribution is -2.15. The first-order chi connectivity index (χ1) is 15.0. The molecule has 0 saturated heterocycles. The first-order valence-electron chi connectivity index (χ1n) is 9.62. The third kappa shape index (κ3) is 3.37. The van der Waals surface area contributed by atoms with Crippen LogP contribution in [0.25, 0.3) is 11.0 Å². The van der Waals surface area contributed by atoms with E-state index in [0.29, 0.717) is 52.4 Å². The Bertz CT molecular complexity index is 1310. The molecule has 0 unspecified atom stereocenters. The van der Waals surface area contributed by atoms with Crippen molar-refractivity contribution in [3.05, 3.63) is 35.9 Å². The highest BCUT2D eigenvalue weighted by Crippen LogP contribution is 2.30. The first-order valence-corrected chi connectivity index (χ1v) is 9.62. The number of carboxylic acid groups (broad SMARTS) is 1. The Labute approximate surface area is 175 Å². The number of ether oxygens (including phenoxy) is 1. The number of carboxylic acids is 1. The lowest BCUT2D eigenvalue weighted by molar-refractivity contribution is 0.0696. The fourth-order valence-corrected chi connectivity index (χ4v) is 3.37. The number of rotatable bonds is 5. The van der Waals surface area contributed by atoms with Crippen molar-refractivity contribution in [2.24, 2.45) is 7.05 Å². The summed E-state index contributed by atoms with van der Waals surface area (Å²) in [6.07, 6.45) is 5.58. The van der Waals surface area contributed by atoms with E-state index in [-0.39, 0.29) is 5.56 Å². The van der Waals surface area contributed by atoms with Crippen molar-refractivity contribution in [3.63, 3.8) is 0 Å². The summed E-state index contributed by atoms with van der Waals surface area (Å²) in [5.74, 6) is 0.510. The molecule has 3 N–H and O–H groups in total. The van der Waals surface area contributed by atoms with Crippen molar-refractivity contribution in [2.75, 3.05) is 17.2 Å². The molecule has 4 aromatic rings. The van der Waals surface area contributed by atoms with Crippen LogP contribution in [-0.4, -0.2) is 52.2 Å². The number of anilines is 4. The normalized spacial score (nSPS) is 13.0. The molecule has 0 saturated carbocycles. The summed E-state index contributed by atoms with van der Waals surface area (Å²) in [5, 5.41) is 25.0. The van der Waals surface area contributed by atoms with Crippen molar-refractivity contribution in [1.29, 1.82) is 0 Å². The van der Waals surface area contributed by atoms with Crippen molar-refractivity contribution in [3.8, 4) is 5.88 Å². The maximum absolute atomic E-state index is 11.3. The highest BCUT2D eigenvalue weighted by Gasteiger charge is 2.19. The quantitative estimate of drug-likeness (QED) is 0.438. The van der Waals surface area contributed by atoms with Crippen molar-refractivity contribution < 1.29 is 14.6 Å². The molecule has 0 radical (unpaired) electrons. The lowest BCUT2D eigenvalue weighted by Gasteiger charge is -2.16. The monoisotopic (exact) mass is 421 g/mol. The molecule has 0 amide bonds. The Morgan fingerprint density at radius 3 is 2.90 bits per heavy atom. The molecular weight excluding hydrogens is 402 g/mol. The van der Waals surface area contributed by atoms with Crippen LogP contribution in [0.2, 0.25) is 0 Å². The molecule has 12 nitrogen and oxygen atoms in total. The van der Waals surface area contributed by atoms with Gasteiger partial charge >= 0.3 is 5.97 Å². The molecule has 4 aromatic heterocycles. The van der Waals surface area contributed by atoms with Crippen LogP contribution in [0.4, 0.5) is 23.1 Å². The molecule has 0 aliphatic carbocycles. The summed E-state index contributed by atoms with van der Waals surface area (Å²) in [7, 11) is 1.77. The second kappa shape index (κ2) is 7.23. The SMILES string of the molecule is Cc1ncc(C(=O)O)cc1Nc1nn(C)c2nc(Nc3cnn4c3OCCC4)ncc12. The summed E-state index contributed by atoms with van der Waals surface area (Å²) < 4.78 is 9.12. The fourth-order valence-electron chi connectivity index (χ4n) is 3.37. The van der Waals surface area contributed by atoms with Gasteiger partial charge in [-0.05, 0) is 13.0 Å². The van der Waals surface area contributed by atoms with Gasteiger partial charge in [-0.1, -0.05) is 0 Å². The van der Waals surface area contributed by atoms with Crippen LogP contribution in [0.5, 0.6) is 5.88 Å². The molecule has 158 valence electrons. The summed E-state index contributed by atoms with van der Waals surface area (Å²) in [5.41, 5.74) is 2.58. The third-order valence-corrected chi connectivity index (χ3v) is 4.96.